The van der Waals surface area contributed by atoms with Crippen molar-refractivity contribution < 1.29 is 28.5 Å². The zero-order chi connectivity index (χ0) is 29.4. The summed E-state index contributed by atoms with van der Waals surface area (Å²) < 4.78 is 25.5. The number of halogens is 2. The summed E-state index contributed by atoms with van der Waals surface area (Å²) >= 11 is 8.31. The highest BCUT2D eigenvalue weighted by Crippen LogP contribution is 2.75. The Hall–Kier alpha value is -1.74. The highest BCUT2D eigenvalue weighted by Gasteiger charge is 2.81. The van der Waals surface area contributed by atoms with E-state index in [1.54, 1.807) is 24.3 Å². The first-order valence-electron chi connectivity index (χ1n) is 14.6. The minimum atomic E-state index is -0.810. The number of rotatable bonds is 5. The van der Waals surface area contributed by atoms with Gasteiger partial charge in [-0.3, -0.25) is 0 Å². The largest absolute Gasteiger partial charge is 0.459 e. The van der Waals surface area contributed by atoms with Crippen molar-refractivity contribution in [3.63, 3.8) is 0 Å². The molecule has 220 valence electrons. The van der Waals surface area contributed by atoms with Gasteiger partial charge in [0, 0.05) is 23.7 Å². The van der Waals surface area contributed by atoms with Crippen LogP contribution in [0.5, 0.6) is 0 Å². The molecule has 2 aromatic carbocycles. The smallest absolute Gasteiger partial charge is 0.338 e. The Morgan fingerprint density at radius 1 is 0.902 bits per heavy atom. The van der Waals surface area contributed by atoms with E-state index in [9.17, 15) is 9.59 Å². The maximum absolute atomic E-state index is 13.4. The molecule has 0 radical (unpaired) electrons. The molecule has 11 atom stereocenters. The van der Waals surface area contributed by atoms with Gasteiger partial charge in [0.15, 0.2) is 5.79 Å². The van der Waals surface area contributed by atoms with Crippen LogP contribution in [-0.4, -0.2) is 51.3 Å². The molecule has 0 N–H and O–H groups in total. The van der Waals surface area contributed by atoms with Crippen molar-refractivity contribution >= 4 is 43.8 Å². The molecule has 2 aliphatic carbocycles. The van der Waals surface area contributed by atoms with E-state index in [4.69, 9.17) is 18.9 Å². The van der Waals surface area contributed by atoms with Gasteiger partial charge in [0.25, 0.3) is 0 Å². The average molecular weight is 690 g/mol. The molecule has 0 amide bonds. The molecule has 41 heavy (non-hydrogen) atoms. The van der Waals surface area contributed by atoms with Crippen LogP contribution in [0.3, 0.4) is 0 Å². The Morgan fingerprint density at radius 2 is 1.49 bits per heavy atom. The number of carbonyl (C=O) groups is 2. The van der Waals surface area contributed by atoms with Crippen molar-refractivity contribution in [2.24, 2.45) is 29.1 Å². The Labute approximate surface area is 259 Å². The summed E-state index contributed by atoms with van der Waals surface area (Å²) in [5.41, 5.74) is -0.0191. The number of hydrogen-bond donors (Lipinski definition) is 0. The van der Waals surface area contributed by atoms with Crippen LogP contribution in [0, 0.1) is 29.1 Å². The SMILES string of the molecule is CC1C(C)C2(Br)C(Br)[C@@H]3O[C@]4(CC[C@@](C)(COC(=O)c5ccccc5)O4)[C@@H](C)[C@@H]3[C@@]2(C)[C@@H]1OC(=O)c1ccccc1. The maximum Gasteiger partial charge on any atom is 0.338 e. The van der Waals surface area contributed by atoms with Crippen LogP contribution in [0.4, 0.5) is 0 Å². The fourth-order valence-electron chi connectivity index (χ4n) is 8.53. The van der Waals surface area contributed by atoms with Crippen molar-refractivity contribution in [2.45, 2.75) is 80.2 Å². The van der Waals surface area contributed by atoms with Crippen LogP contribution < -0.4 is 0 Å². The molecule has 2 saturated heterocycles. The highest BCUT2D eigenvalue weighted by molar-refractivity contribution is 9.12. The van der Waals surface area contributed by atoms with E-state index in [0.29, 0.717) is 24.0 Å². The molecule has 6 nitrogen and oxygen atoms in total. The van der Waals surface area contributed by atoms with Crippen LogP contribution in [0.1, 0.15) is 68.2 Å². The zero-order valence-corrected chi connectivity index (χ0v) is 27.3. The Kier molecular flexibility index (Phi) is 7.28. The van der Waals surface area contributed by atoms with Gasteiger partial charge in [0.1, 0.15) is 18.3 Å². The summed E-state index contributed by atoms with van der Waals surface area (Å²) in [6, 6.07) is 18.2. The quantitative estimate of drug-likeness (QED) is 0.245. The molecule has 8 heteroatoms. The molecule has 2 aliphatic heterocycles. The minimum Gasteiger partial charge on any atom is -0.459 e. The van der Waals surface area contributed by atoms with E-state index in [1.165, 1.54) is 0 Å². The standard InChI is InChI=1S/C33H38Br2O6/c1-19-20(2)33(35)26(34)25-24(31(33,5)27(19)39-29(37)23-14-10-7-11-15-23)21(3)32(40-25)17-16-30(4,41-32)18-38-28(36)22-12-8-6-9-13-22/h6-15,19-21,24-27H,16-18H2,1-5H3/t19?,20?,21-,24-,25+,26?,27+,30-,31-,32-,33?/m0/s1. The fourth-order valence-corrected chi connectivity index (χ4v) is 11.0. The lowest BCUT2D eigenvalue weighted by molar-refractivity contribution is -0.259. The van der Waals surface area contributed by atoms with Crippen molar-refractivity contribution in [3.05, 3.63) is 71.8 Å². The Bertz CT molecular complexity index is 1320. The van der Waals surface area contributed by atoms with E-state index < -0.39 is 16.8 Å². The number of carbonyl (C=O) groups excluding carboxylic acids is 2. The van der Waals surface area contributed by atoms with Crippen molar-refractivity contribution in [1.82, 2.24) is 0 Å². The van der Waals surface area contributed by atoms with Gasteiger partial charge in [-0.1, -0.05) is 96.0 Å². The van der Waals surface area contributed by atoms with Gasteiger partial charge in [-0.15, -0.1) is 0 Å². The molecule has 0 aromatic heterocycles. The first-order chi connectivity index (χ1) is 19.4. The number of fused-ring (bicyclic) bond motifs is 3. The second-order valence-corrected chi connectivity index (χ2v) is 15.3. The van der Waals surface area contributed by atoms with E-state index in [2.05, 4.69) is 59.6 Å². The number of benzene rings is 2. The van der Waals surface area contributed by atoms with E-state index >= 15 is 0 Å². The molecule has 2 heterocycles. The number of ether oxygens (including phenoxy) is 4. The second-order valence-electron chi connectivity index (χ2n) is 13.0. The molecular weight excluding hydrogens is 652 g/mol. The minimum absolute atomic E-state index is 0.0130. The van der Waals surface area contributed by atoms with Crippen LogP contribution >= 0.6 is 31.9 Å². The third kappa shape index (κ3) is 4.21. The first-order valence-corrected chi connectivity index (χ1v) is 16.3. The summed E-state index contributed by atoms with van der Waals surface area (Å²) in [7, 11) is 0. The summed E-state index contributed by atoms with van der Waals surface area (Å²) in [5.74, 6) is -1.05. The second kappa shape index (κ2) is 10.2. The molecule has 4 fully saturated rings. The van der Waals surface area contributed by atoms with E-state index in [-0.39, 0.29) is 63.6 Å². The predicted octanol–water partition coefficient (Wildman–Crippen LogP) is 7.19. The van der Waals surface area contributed by atoms with Gasteiger partial charge in [-0.25, -0.2) is 9.59 Å². The maximum atomic E-state index is 13.4. The lowest BCUT2D eigenvalue weighted by Crippen LogP contribution is -2.52. The van der Waals surface area contributed by atoms with Crippen LogP contribution in [0.2, 0.25) is 0 Å². The van der Waals surface area contributed by atoms with Crippen molar-refractivity contribution in [2.75, 3.05) is 6.61 Å². The lowest BCUT2D eigenvalue weighted by Gasteiger charge is -2.45. The van der Waals surface area contributed by atoms with Gasteiger partial charge < -0.3 is 18.9 Å². The summed E-state index contributed by atoms with van der Waals surface area (Å²) in [5, 5.41) is 0. The predicted molar refractivity (Wildman–Crippen MR) is 162 cm³/mol. The monoisotopic (exact) mass is 688 g/mol. The zero-order valence-electron chi connectivity index (χ0n) is 24.1. The summed E-state index contributed by atoms with van der Waals surface area (Å²) in [6.45, 7) is 11.1. The molecule has 4 aliphatic rings. The van der Waals surface area contributed by atoms with Gasteiger partial charge >= 0.3 is 11.9 Å². The Balaban J connectivity index is 1.25. The van der Waals surface area contributed by atoms with Crippen molar-refractivity contribution in [3.8, 4) is 0 Å². The molecule has 2 aromatic rings. The van der Waals surface area contributed by atoms with Gasteiger partial charge in [-0.05, 0) is 49.4 Å². The first kappa shape index (κ1) is 29.3. The van der Waals surface area contributed by atoms with Gasteiger partial charge in [-0.2, -0.15) is 0 Å². The lowest BCUT2D eigenvalue weighted by atomic mass is 9.66. The number of alkyl halides is 2. The summed E-state index contributed by atoms with van der Waals surface area (Å²) in [4.78, 5) is 26.0. The molecule has 4 unspecified atom stereocenters. The van der Waals surface area contributed by atoms with Crippen LogP contribution in [0.25, 0.3) is 0 Å². The number of hydrogen-bond acceptors (Lipinski definition) is 6. The van der Waals surface area contributed by atoms with Crippen LogP contribution in [-0.2, 0) is 18.9 Å². The molecule has 2 saturated carbocycles. The van der Waals surface area contributed by atoms with Crippen molar-refractivity contribution in [1.29, 1.82) is 0 Å². The van der Waals surface area contributed by atoms with E-state index in [0.717, 1.165) is 0 Å². The number of esters is 2. The third-order valence-corrected chi connectivity index (χ3v) is 14.8. The summed E-state index contributed by atoms with van der Waals surface area (Å²) in [6.07, 6.45) is 0.948. The fraction of sp³-hybridized carbons (Fsp3) is 0.576. The van der Waals surface area contributed by atoms with Gasteiger partial charge in [0.2, 0.25) is 0 Å². The highest BCUT2D eigenvalue weighted by atomic mass is 79.9. The normalized spacial score (nSPS) is 44.5. The molecular formula is C33H38Br2O6. The van der Waals surface area contributed by atoms with Gasteiger partial charge in [0.05, 0.1) is 26.4 Å². The van der Waals surface area contributed by atoms with Crippen LogP contribution in [0.15, 0.2) is 60.7 Å². The third-order valence-electron chi connectivity index (χ3n) is 10.8. The molecule has 6 rings (SSSR count). The molecule has 1 spiro atoms. The average Bonchev–Trinajstić information content (AvgIpc) is 3.57. The van der Waals surface area contributed by atoms with E-state index in [1.807, 2.05) is 43.3 Å². The topological polar surface area (TPSA) is 71.1 Å². The molecule has 0 bridgehead atoms. The Morgan fingerprint density at radius 3 is 2.10 bits per heavy atom.